The largest absolute Gasteiger partial charge is 0.354 e. The molecule has 0 aliphatic carbocycles. The molecule has 2 heterocycles. The van der Waals surface area contributed by atoms with E-state index in [4.69, 9.17) is 0 Å². The Morgan fingerprint density at radius 2 is 1.74 bits per heavy atom. The van der Waals surface area contributed by atoms with Crippen LogP contribution in [-0.4, -0.2) is 37.1 Å². The van der Waals surface area contributed by atoms with Crippen molar-refractivity contribution in [3.63, 3.8) is 0 Å². The third-order valence-electron chi connectivity index (χ3n) is 5.73. The summed E-state index contributed by atoms with van der Waals surface area (Å²) in [7, 11) is 3.58. The topological polar surface area (TPSA) is 89.9 Å². The molecule has 0 spiro atoms. The molecule has 2 aromatic heterocycles. The summed E-state index contributed by atoms with van der Waals surface area (Å²) in [5.41, 5.74) is 3.74. The van der Waals surface area contributed by atoms with Gasteiger partial charge in [-0.2, -0.15) is 0 Å². The standard InChI is InChI=1S/C24H27N5O2/c1-15-18-14-29(3)13-10-16(18)21(22-20(15)17-8-4-5-9-19(17)28-22)23(30)26-11-6-7-12-27-24(31)25-2/h4-5,8-10,13-14H,6-7,11-12H2,1-3H3,(H3,25,26,27,30,31)/p+1. The first-order valence-electron chi connectivity index (χ1n) is 10.6. The number of amides is 3. The number of aryl methyl sites for hydroxylation is 2. The van der Waals surface area contributed by atoms with E-state index in [9.17, 15) is 9.59 Å². The monoisotopic (exact) mass is 418 g/mol. The number of aromatic nitrogens is 2. The van der Waals surface area contributed by atoms with Gasteiger partial charge < -0.3 is 20.9 Å². The number of para-hydroxylation sites is 1. The van der Waals surface area contributed by atoms with E-state index in [0.29, 0.717) is 18.7 Å². The summed E-state index contributed by atoms with van der Waals surface area (Å²) in [4.78, 5) is 28.0. The summed E-state index contributed by atoms with van der Waals surface area (Å²) in [6, 6.07) is 9.98. The quantitative estimate of drug-likeness (QED) is 0.286. The summed E-state index contributed by atoms with van der Waals surface area (Å²) in [6.07, 6.45) is 5.62. The van der Waals surface area contributed by atoms with Gasteiger partial charge in [0, 0.05) is 47.9 Å². The van der Waals surface area contributed by atoms with Crippen LogP contribution in [0.15, 0.2) is 42.7 Å². The van der Waals surface area contributed by atoms with E-state index < -0.39 is 0 Å². The Kier molecular flexibility index (Phi) is 5.75. The molecular formula is C24H28N5O2+. The van der Waals surface area contributed by atoms with E-state index in [1.54, 1.807) is 7.05 Å². The molecule has 0 radical (unpaired) electrons. The number of hydrogen-bond donors (Lipinski definition) is 4. The first-order chi connectivity index (χ1) is 15.0. The molecule has 160 valence electrons. The van der Waals surface area contributed by atoms with Crippen LogP contribution >= 0.6 is 0 Å². The minimum atomic E-state index is -0.190. The lowest BCUT2D eigenvalue weighted by molar-refractivity contribution is -0.670. The fourth-order valence-electron chi connectivity index (χ4n) is 4.17. The van der Waals surface area contributed by atoms with Crippen molar-refractivity contribution >= 4 is 44.5 Å². The normalized spacial score (nSPS) is 11.2. The maximum absolute atomic E-state index is 13.3. The number of hydrogen-bond acceptors (Lipinski definition) is 2. The third-order valence-corrected chi connectivity index (χ3v) is 5.73. The highest BCUT2D eigenvalue weighted by Gasteiger charge is 2.22. The molecule has 0 bridgehead atoms. The maximum atomic E-state index is 13.3. The summed E-state index contributed by atoms with van der Waals surface area (Å²) >= 11 is 0. The van der Waals surface area contributed by atoms with Crippen LogP contribution in [0, 0.1) is 6.92 Å². The molecule has 0 unspecified atom stereocenters. The number of nitrogens with one attached hydrogen (secondary N) is 4. The number of H-pyrrole nitrogens is 1. The van der Waals surface area contributed by atoms with Crippen molar-refractivity contribution in [1.29, 1.82) is 0 Å². The van der Waals surface area contributed by atoms with E-state index in [1.807, 2.05) is 42.1 Å². The van der Waals surface area contributed by atoms with Crippen molar-refractivity contribution in [3.8, 4) is 0 Å². The van der Waals surface area contributed by atoms with Crippen LogP contribution in [0.2, 0.25) is 0 Å². The number of urea groups is 1. The molecule has 4 rings (SSSR count). The Balaban J connectivity index is 1.68. The van der Waals surface area contributed by atoms with Gasteiger partial charge in [0.15, 0.2) is 12.4 Å². The minimum absolute atomic E-state index is 0.0883. The minimum Gasteiger partial charge on any atom is -0.354 e. The second kappa shape index (κ2) is 8.63. The Bertz CT molecular complexity index is 1290. The van der Waals surface area contributed by atoms with Gasteiger partial charge >= 0.3 is 6.03 Å². The van der Waals surface area contributed by atoms with E-state index in [2.05, 4.69) is 40.1 Å². The van der Waals surface area contributed by atoms with Gasteiger partial charge in [-0.3, -0.25) is 4.79 Å². The average Bonchev–Trinajstić information content (AvgIpc) is 3.15. The molecular weight excluding hydrogens is 390 g/mol. The predicted octanol–water partition coefficient (Wildman–Crippen LogP) is 3.05. The molecule has 0 fully saturated rings. The fourth-order valence-corrected chi connectivity index (χ4v) is 4.17. The van der Waals surface area contributed by atoms with Crippen LogP contribution in [0.25, 0.3) is 32.6 Å². The van der Waals surface area contributed by atoms with Gasteiger partial charge in [-0.25, -0.2) is 9.36 Å². The van der Waals surface area contributed by atoms with E-state index in [0.717, 1.165) is 51.0 Å². The first-order valence-corrected chi connectivity index (χ1v) is 10.6. The van der Waals surface area contributed by atoms with Crippen molar-refractivity contribution < 1.29 is 14.2 Å². The van der Waals surface area contributed by atoms with Gasteiger partial charge in [-0.15, -0.1) is 0 Å². The smallest absolute Gasteiger partial charge is 0.314 e. The molecule has 0 aliphatic heterocycles. The van der Waals surface area contributed by atoms with E-state index in [1.165, 1.54) is 0 Å². The molecule has 0 saturated heterocycles. The van der Waals surface area contributed by atoms with Crippen LogP contribution in [0.3, 0.4) is 0 Å². The summed E-state index contributed by atoms with van der Waals surface area (Å²) < 4.78 is 2.01. The van der Waals surface area contributed by atoms with E-state index >= 15 is 0 Å². The Morgan fingerprint density at radius 1 is 1.00 bits per heavy atom. The lowest BCUT2D eigenvalue weighted by Gasteiger charge is -2.12. The summed E-state index contributed by atoms with van der Waals surface area (Å²) in [6.45, 7) is 3.24. The molecule has 31 heavy (non-hydrogen) atoms. The predicted molar refractivity (Wildman–Crippen MR) is 123 cm³/mol. The third kappa shape index (κ3) is 3.91. The molecule has 4 aromatic rings. The van der Waals surface area contributed by atoms with Crippen molar-refractivity contribution in [1.82, 2.24) is 20.9 Å². The number of rotatable bonds is 6. The SMILES string of the molecule is CNC(=O)NCCCCNC(=O)c1c2cc[n+](C)cc2c(C)c2c1[nH]c1ccccc12. The van der Waals surface area contributed by atoms with Crippen molar-refractivity contribution in [2.24, 2.45) is 7.05 Å². The molecule has 0 atom stereocenters. The zero-order valence-electron chi connectivity index (χ0n) is 18.1. The maximum Gasteiger partial charge on any atom is 0.314 e. The fraction of sp³-hybridized carbons (Fsp3) is 0.292. The number of benzene rings is 2. The van der Waals surface area contributed by atoms with Crippen molar-refractivity contribution in [3.05, 3.63) is 53.9 Å². The average molecular weight is 419 g/mol. The molecule has 7 heteroatoms. The number of aromatic amines is 1. The van der Waals surface area contributed by atoms with Crippen molar-refractivity contribution in [2.75, 3.05) is 20.1 Å². The Labute approximate surface area is 180 Å². The Hall–Kier alpha value is -3.61. The number of unbranched alkanes of at least 4 members (excludes halogenated alkanes) is 1. The highest BCUT2D eigenvalue weighted by atomic mass is 16.2. The number of carbonyl (C=O) groups excluding carboxylic acids is 2. The summed E-state index contributed by atoms with van der Waals surface area (Å²) in [5, 5.41) is 12.6. The zero-order valence-corrected chi connectivity index (χ0v) is 18.1. The first kappa shape index (κ1) is 20.7. The molecule has 3 amide bonds. The number of nitrogens with zero attached hydrogens (tertiary/aromatic N) is 1. The molecule has 0 saturated carbocycles. The van der Waals surface area contributed by atoms with Crippen molar-refractivity contribution in [2.45, 2.75) is 19.8 Å². The lowest BCUT2D eigenvalue weighted by Crippen LogP contribution is -2.33. The second-order valence-electron chi connectivity index (χ2n) is 7.83. The lowest BCUT2D eigenvalue weighted by atomic mass is 9.95. The van der Waals surface area contributed by atoms with Gasteiger partial charge in [0.1, 0.15) is 7.05 Å². The van der Waals surface area contributed by atoms with Gasteiger partial charge in [-0.05, 0) is 31.4 Å². The van der Waals surface area contributed by atoms with Gasteiger partial charge in [-0.1, -0.05) is 18.2 Å². The molecule has 7 nitrogen and oxygen atoms in total. The number of pyridine rings is 1. The molecule has 0 aliphatic rings. The van der Waals surface area contributed by atoms with Gasteiger partial charge in [0.05, 0.1) is 16.5 Å². The van der Waals surface area contributed by atoms with Gasteiger partial charge in [0.25, 0.3) is 5.91 Å². The van der Waals surface area contributed by atoms with Crippen LogP contribution in [-0.2, 0) is 7.05 Å². The number of fused-ring (bicyclic) bond motifs is 4. The Morgan fingerprint density at radius 3 is 2.52 bits per heavy atom. The second-order valence-corrected chi connectivity index (χ2v) is 7.83. The molecule has 2 aromatic carbocycles. The van der Waals surface area contributed by atoms with Crippen LogP contribution < -0.4 is 20.5 Å². The van der Waals surface area contributed by atoms with Gasteiger partial charge in [0.2, 0.25) is 0 Å². The number of carbonyl (C=O) groups is 2. The van der Waals surface area contributed by atoms with Crippen LogP contribution in [0.1, 0.15) is 28.8 Å². The zero-order chi connectivity index (χ0) is 22.0. The van der Waals surface area contributed by atoms with Crippen LogP contribution in [0.5, 0.6) is 0 Å². The highest BCUT2D eigenvalue weighted by molar-refractivity contribution is 6.24. The van der Waals surface area contributed by atoms with E-state index in [-0.39, 0.29) is 11.9 Å². The molecule has 4 N–H and O–H groups in total. The highest BCUT2D eigenvalue weighted by Crippen LogP contribution is 2.36. The van der Waals surface area contributed by atoms with Crippen LogP contribution in [0.4, 0.5) is 4.79 Å². The summed E-state index contributed by atoms with van der Waals surface area (Å²) in [5.74, 6) is -0.0883.